The zero-order valence-corrected chi connectivity index (χ0v) is 7.55. The Hall–Kier alpha value is -0.160. The lowest BCUT2D eigenvalue weighted by Crippen LogP contribution is -2.46. The van der Waals surface area contributed by atoms with Crippen LogP contribution in [0.25, 0.3) is 0 Å². The summed E-state index contributed by atoms with van der Waals surface area (Å²) >= 11 is 0. The predicted octanol–water partition coefficient (Wildman–Crippen LogP) is -0.925. The van der Waals surface area contributed by atoms with Gasteiger partial charge in [0.05, 0.1) is 6.61 Å². The van der Waals surface area contributed by atoms with E-state index in [1.54, 1.807) is 0 Å². The average Bonchev–Trinajstić information content (AvgIpc) is 2.49. The van der Waals surface area contributed by atoms with Crippen molar-refractivity contribution in [3.8, 4) is 0 Å². The molecule has 0 bridgehead atoms. The Bertz CT molecular complexity index is 135. The van der Waals surface area contributed by atoms with Gasteiger partial charge in [0.1, 0.15) is 5.60 Å². The number of aliphatic hydroxyl groups is 1. The summed E-state index contributed by atoms with van der Waals surface area (Å²) in [5.41, 5.74) is 4.76. The minimum atomic E-state index is -0.663. The molecule has 0 spiro atoms. The number of nitrogens with one attached hydrogen (secondary N) is 1. The maximum Gasteiger partial charge on any atom is 0.102 e. The number of ether oxygens (including phenoxy) is 1. The van der Waals surface area contributed by atoms with E-state index >= 15 is 0 Å². The van der Waals surface area contributed by atoms with Crippen molar-refractivity contribution in [2.45, 2.75) is 25.0 Å². The van der Waals surface area contributed by atoms with E-state index in [1.807, 2.05) is 6.92 Å². The van der Waals surface area contributed by atoms with Gasteiger partial charge < -0.3 is 20.9 Å². The van der Waals surface area contributed by atoms with Crippen molar-refractivity contribution in [2.24, 2.45) is 5.73 Å². The van der Waals surface area contributed by atoms with E-state index in [2.05, 4.69) is 5.32 Å². The van der Waals surface area contributed by atoms with Crippen LogP contribution in [0.2, 0.25) is 0 Å². The van der Waals surface area contributed by atoms with Crippen molar-refractivity contribution in [1.82, 2.24) is 5.32 Å². The fraction of sp³-hybridized carbons (Fsp3) is 1.00. The van der Waals surface area contributed by atoms with Crippen LogP contribution in [0.5, 0.6) is 0 Å². The van der Waals surface area contributed by atoms with Gasteiger partial charge in [-0.05, 0) is 6.92 Å². The van der Waals surface area contributed by atoms with E-state index in [1.165, 1.54) is 0 Å². The molecular weight excluding hydrogens is 156 g/mol. The van der Waals surface area contributed by atoms with Crippen LogP contribution in [0.1, 0.15) is 13.3 Å². The maximum absolute atomic E-state index is 9.81. The molecular formula is C8H18N2O2. The van der Waals surface area contributed by atoms with E-state index < -0.39 is 5.60 Å². The molecule has 1 saturated heterocycles. The monoisotopic (exact) mass is 174 g/mol. The quantitative estimate of drug-likeness (QED) is 0.515. The lowest BCUT2D eigenvalue weighted by molar-refractivity contribution is 0.0254. The van der Waals surface area contributed by atoms with Gasteiger partial charge in [0.25, 0.3) is 0 Å². The molecule has 2 unspecified atom stereocenters. The van der Waals surface area contributed by atoms with E-state index in [0.29, 0.717) is 26.3 Å². The second kappa shape index (κ2) is 4.18. The summed E-state index contributed by atoms with van der Waals surface area (Å²) in [6.07, 6.45) is 0.720. The molecule has 1 aliphatic heterocycles. The van der Waals surface area contributed by atoms with Crippen molar-refractivity contribution in [2.75, 3.05) is 26.3 Å². The second-order valence-electron chi connectivity index (χ2n) is 3.54. The molecule has 0 aromatic carbocycles. The van der Waals surface area contributed by atoms with E-state index in [9.17, 15) is 5.11 Å². The molecule has 0 aromatic rings. The maximum atomic E-state index is 9.81. The molecule has 4 nitrogen and oxygen atoms in total. The van der Waals surface area contributed by atoms with Gasteiger partial charge >= 0.3 is 0 Å². The molecule has 12 heavy (non-hydrogen) atoms. The molecule has 0 aromatic heterocycles. The van der Waals surface area contributed by atoms with Crippen LogP contribution in [0.15, 0.2) is 0 Å². The Labute approximate surface area is 73.1 Å². The summed E-state index contributed by atoms with van der Waals surface area (Å²) < 4.78 is 5.10. The van der Waals surface area contributed by atoms with Crippen LogP contribution < -0.4 is 11.1 Å². The SMILES string of the molecule is CC(CN)NCC1(O)CCOC1. The molecule has 1 fully saturated rings. The fourth-order valence-electron chi connectivity index (χ4n) is 1.18. The minimum absolute atomic E-state index is 0.259. The lowest BCUT2D eigenvalue weighted by atomic mass is 10.0. The largest absolute Gasteiger partial charge is 0.386 e. The smallest absolute Gasteiger partial charge is 0.102 e. The number of nitrogens with two attached hydrogens (primary N) is 1. The average molecular weight is 174 g/mol. The summed E-state index contributed by atoms with van der Waals surface area (Å²) in [7, 11) is 0. The van der Waals surface area contributed by atoms with Gasteiger partial charge in [-0.3, -0.25) is 0 Å². The first-order chi connectivity index (χ1) is 5.66. The van der Waals surface area contributed by atoms with Crippen LogP contribution in [0.4, 0.5) is 0 Å². The molecule has 1 heterocycles. The van der Waals surface area contributed by atoms with Gasteiger partial charge in [0.15, 0.2) is 0 Å². The Balaban J connectivity index is 2.21. The number of hydrogen-bond donors (Lipinski definition) is 3. The Morgan fingerprint density at radius 2 is 2.50 bits per heavy atom. The molecule has 0 amide bonds. The first-order valence-electron chi connectivity index (χ1n) is 4.40. The third-order valence-corrected chi connectivity index (χ3v) is 2.22. The predicted molar refractivity (Wildman–Crippen MR) is 46.9 cm³/mol. The van der Waals surface area contributed by atoms with Gasteiger partial charge in [-0.1, -0.05) is 0 Å². The third-order valence-electron chi connectivity index (χ3n) is 2.22. The van der Waals surface area contributed by atoms with Crippen molar-refractivity contribution in [3.63, 3.8) is 0 Å². The van der Waals surface area contributed by atoms with Gasteiger partial charge in [-0.25, -0.2) is 0 Å². The molecule has 1 aliphatic rings. The van der Waals surface area contributed by atoms with E-state index in [0.717, 1.165) is 6.42 Å². The van der Waals surface area contributed by atoms with Crippen LogP contribution in [-0.2, 0) is 4.74 Å². The standard InChI is InChI=1S/C8H18N2O2/c1-7(4-9)10-5-8(11)2-3-12-6-8/h7,10-11H,2-6,9H2,1H3. The normalized spacial score (nSPS) is 32.2. The first-order valence-corrected chi connectivity index (χ1v) is 4.40. The molecule has 4 heteroatoms. The highest BCUT2D eigenvalue weighted by Crippen LogP contribution is 2.16. The Morgan fingerprint density at radius 3 is 3.00 bits per heavy atom. The highest BCUT2D eigenvalue weighted by Gasteiger charge is 2.31. The van der Waals surface area contributed by atoms with Gasteiger partial charge in [0, 0.05) is 32.2 Å². The molecule has 0 aliphatic carbocycles. The van der Waals surface area contributed by atoms with Gasteiger partial charge in [-0.15, -0.1) is 0 Å². The Morgan fingerprint density at radius 1 is 1.75 bits per heavy atom. The molecule has 2 atom stereocenters. The van der Waals surface area contributed by atoms with Gasteiger partial charge in [-0.2, -0.15) is 0 Å². The van der Waals surface area contributed by atoms with E-state index in [-0.39, 0.29) is 6.04 Å². The van der Waals surface area contributed by atoms with Crippen molar-refractivity contribution in [1.29, 1.82) is 0 Å². The van der Waals surface area contributed by atoms with E-state index in [4.69, 9.17) is 10.5 Å². The summed E-state index contributed by atoms with van der Waals surface area (Å²) in [6.45, 7) is 4.27. The molecule has 0 saturated carbocycles. The van der Waals surface area contributed by atoms with Crippen molar-refractivity contribution < 1.29 is 9.84 Å². The highest BCUT2D eigenvalue weighted by molar-refractivity contribution is 4.85. The molecule has 1 rings (SSSR count). The minimum Gasteiger partial charge on any atom is -0.386 e. The molecule has 4 N–H and O–H groups in total. The first kappa shape index (κ1) is 9.92. The third kappa shape index (κ3) is 2.71. The summed E-state index contributed by atoms with van der Waals surface area (Å²) in [5.74, 6) is 0. The summed E-state index contributed by atoms with van der Waals surface area (Å²) in [5, 5.41) is 13.0. The van der Waals surface area contributed by atoms with Gasteiger partial charge in [0.2, 0.25) is 0 Å². The number of hydrogen-bond acceptors (Lipinski definition) is 4. The van der Waals surface area contributed by atoms with Crippen LogP contribution in [0, 0.1) is 0 Å². The second-order valence-corrected chi connectivity index (χ2v) is 3.54. The topological polar surface area (TPSA) is 67.5 Å². The zero-order chi connectivity index (χ0) is 9.03. The summed E-state index contributed by atoms with van der Waals surface area (Å²) in [6, 6.07) is 0.259. The molecule has 0 radical (unpaired) electrons. The van der Waals surface area contributed by atoms with Crippen molar-refractivity contribution in [3.05, 3.63) is 0 Å². The van der Waals surface area contributed by atoms with Crippen LogP contribution in [-0.4, -0.2) is 43.1 Å². The zero-order valence-electron chi connectivity index (χ0n) is 7.55. The van der Waals surface area contributed by atoms with Crippen LogP contribution in [0.3, 0.4) is 0 Å². The van der Waals surface area contributed by atoms with Crippen LogP contribution >= 0.6 is 0 Å². The van der Waals surface area contributed by atoms with Crippen molar-refractivity contribution >= 4 is 0 Å². The highest BCUT2D eigenvalue weighted by atomic mass is 16.5. The Kier molecular flexibility index (Phi) is 3.46. The fourth-order valence-corrected chi connectivity index (χ4v) is 1.18. The number of rotatable bonds is 4. The lowest BCUT2D eigenvalue weighted by Gasteiger charge is -2.23. The molecule has 72 valence electrons. The summed E-state index contributed by atoms with van der Waals surface area (Å²) in [4.78, 5) is 0.